The Bertz CT molecular complexity index is 650. The summed E-state index contributed by atoms with van der Waals surface area (Å²) in [5, 5.41) is 8.78. The monoisotopic (exact) mass is 262 g/mol. The van der Waals surface area contributed by atoms with Gasteiger partial charge >= 0.3 is 0 Å². The second-order valence-electron chi connectivity index (χ2n) is 4.27. The van der Waals surface area contributed by atoms with E-state index in [1.54, 1.807) is 22.6 Å². The van der Waals surface area contributed by atoms with Gasteiger partial charge in [-0.2, -0.15) is 0 Å². The standard InChI is InChI=1S/C12H11ClN4O/c1-7-14-15-12-9-5-8(13)3-4-10(9)16(2)11(18)6-17(7)12/h3-5H,6H2,1-2H3. The maximum absolute atomic E-state index is 12.1. The number of nitrogens with zero attached hydrogens (tertiary/aromatic N) is 4. The largest absolute Gasteiger partial charge is 0.313 e. The number of benzene rings is 1. The first-order valence-corrected chi connectivity index (χ1v) is 5.92. The Morgan fingerprint density at radius 2 is 2.11 bits per heavy atom. The van der Waals surface area contributed by atoms with E-state index in [-0.39, 0.29) is 12.5 Å². The number of likely N-dealkylation sites (N-methyl/N-ethyl adjacent to an activating group) is 1. The number of aromatic nitrogens is 3. The Labute approximate surface area is 109 Å². The van der Waals surface area contributed by atoms with E-state index in [1.165, 1.54) is 0 Å². The molecule has 0 aliphatic carbocycles. The van der Waals surface area contributed by atoms with Crippen LogP contribution in [0.2, 0.25) is 5.02 Å². The highest BCUT2D eigenvalue weighted by Gasteiger charge is 2.25. The zero-order chi connectivity index (χ0) is 12.9. The molecule has 18 heavy (non-hydrogen) atoms. The van der Waals surface area contributed by atoms with Crippen LogP contribution in [-0.4, -0.2) is 27.7 Å². The van der Waals surface area contributed by atoms with Gasteiger partial charge in [0.1, 0.15) is 12.4 Å². The van der Waals surface area contributed by atoms with Crippen molar-refractivity contribution in [1.29, 1.82) is 0 Å². The molecule has 1 aliphatic heterocycles. The molecule has 1 aliphatic rings. The molecule has 1 aromatic heterocycles. The third-order valence-corrected chi connectivity index (χ3v) is 3.40. The minimum absolute atomic E-state index is 0.000206. The second-order valence-corrected chi connectivity index (χ2v) is 4.71. The lowest BCUT2D eigenvalue weighted by Crippen LogP contribution is -2.28. The van der Waals surface area contributed by atoms with E-state index < -0.39 is 0 Å². The highest BCUT2D eigenvalue weighted by atomic mass is 35.5. The van der Waals surface area contributed by atoms with Gasteiger partial charge in [0.2, 0.25) is 5.91 Å². The van der Waals surface area contributed by atoms with Crippen LogP contribution in [-0.2, 0) is 11.3 Å². The van der Waals surface area contributed by atoms with Crippen molar-refractivity contribution in [3.8, 4) is 11.4 Å². The molecule has 0 radical (unpaired) electrons. The average molecular weight is 263 g/mol. The van der Waals surface area contributed by atoms with Crippen LogP contribution in [0.15, 0.2) is 18.2 Å². The van der Waals surface area contributed by atoms with E-state index in [2.05, 4.69) is 10.2 Å². The lowest BCUT2D eigenvalue weighted by molar-refractivity contribution is -0.118. The number of anilines is 1. The molecule has 1 amide bonds. The number of aryl methyl sites for hydroxylation is 1. The van der Waals surface area contributed by atoms with Crippen molar-refractivity contribution in [2.75, 3.05) is 11.9 Å². The van der Waals surface area contributed by atoms with E-state index in [0.717, 1.165) is 17.1 Å². The molecule has 0 saturated heterocycles. The molecule has 0 N–H and O–H groups in total. The Hall–Kier alpha value is -1.88. The minimum Gasteiger partial charge on any atom is -0.313 e. The van der Waals surface area contributed by atoms with Crippen molar-refractivity contribution < 1.29 is 4.79 Å². The summed E-state index contributed by atoms with van der Waals surface area (Å²) < 4.78 is 1.81. The number of halogens is 1. The molecule has 0 spiro atoms. The van der Waals surface area contributed by atoms with Crippen LogP contribution in [0.25, 0.3) is 11.4 Å². The Balaban J connectivity index is 2.34. The predicted molar refractivity (Wildman–Crippen MR) is 68.6 cm³/mol. The van der Waals surface area contributed by atoms with Gasteiger partial charge < -0.3 is 9.47 Å². The molecule has 3 rings (SSSR count). The molecule has 6 heteroatoms. The van der Waals surface area contributed by atoms with Crippen molar-refractivity contribution in [3.05, 3.63) is 29.0 Å². The fourth-order valence-electron chi connectivity index (χ4n) is 2.13. The predicted octanol–water partition coefficient (Wildman–Crippen LogP) is 1.88. The molecular formula is C12H11ClN4O. The lowest BCUT2D eigenvalue weighted by Gasteiger charge is -2.16. The van der Waals surface area contributed by atoms with Crippen LogP contribution < -0.4 is 4.90 Å². The maximum atomic E-state index is 12.1. The topological polar surface area (TPSA) is 51.0 Å². The Morgan fingerprint density at radius 1 is 1.33 bits per heavy atom. The normalized spacial score (nSPS) is 14.2. The summed E-state index contributed by atoms with van der Waals surface area (Å²) >= 11 is 6.03. The van der Waals surface area contributed by atoms with Crippen LogP contribution >= 0.6 is 11.6 Å². The highest BCUT2D eigenvalue weighted by molar-refractivity contribution is 6.31. The van der Waals surface area contributed by atoms with Crippen LogP contribution in [0, 0.1) is 6.92 Å². The van der Waals surface area contributed by atoms with Gasteiger partial charge in [0.25, 0.3) is 0 Å². The zero-order valence-electron chi connectivity index (χ0n) is 10.0. The lowest BCUT2D eigenvalue weighted by atomic mass is 10.1. The van der Waals surface area contributed by atoms with E-state index in [0.29, 0.717) is 10.8 Å². The van der Waals surface area contributed by atoms with Gasteiger partial charge in [-0.25, -0.2) is 0 Å². The van der Waals surface area contributed by atoms with Crippen LogP contribution in [0.5, 0.6) is 0 Å². The van der Waals surface area contributed by atoms with Crippen molar-refractivity contribution in [2.24, 2.45) is 0 Å². The number of hydrogen-bond donors (Lipinski definition) is 0. The molecule has 0 fully saturated rings. The summed E-state index contributed by atoms with van der Waals surface area (Å²) in [7, 11) is 1.75. The van der Waals surface area contributed by atoms with Crippen molar-refractivity contribution in [3.63, 3.8) is 0 Å². The molecule has 0 unspecified atom stereocenters. The summed E-state index contributed by atoms with van der Waals surface area (Å²) in [4.78, 5) is 13.7. The quantitative estimate of drug-likeness (QED) is 0.728. The summed E-state index contributed by atoms with van der Waals surface area (Å²) in [6.07, 6.45) is 0. The van der Waals surface area contributed by atoms with E-state index in [1.807, 2.05) is 19.1 Å². The summed E-state index contributed by atoms with van der Waals surface area (Å²) in [5.41, 5.74) is 1.63. The van der Waals surface area contributed by atoms with E-state index >= 15 is 0 Å². The average Bonchev–Trinajstić information content (AvgIpc) is 2.65. The fraction of sp³-hybridized carbons (Fsp3) is 0.250. The van der Waals surface area contributed by atoms with E-state index in [9.17, 15) is 4.79 Å². The summed E-state index contributed by atoms with van der Waals surface area (Å²) in [6, 6.07) is 5.41. The number of carbonyl (C=O) groups excluding carboxylic acids is 1. The first kappa shape index (κ1) is 11.2. The number of hydrogen-bond acceptors (Lipinski definition) is 3. The van der Waals surface area contributed by atoms with Crippen LogP contribution in [0.4, 0.5) is 5.69 Å². The van der Waals surface area contributed by atoms with Gasteiger partial charge in [0.05, 0.1) is 5.69 Å². The Kier molecular flexibility index (Phi) is 2.38. The second kappa shape index (κ2) is 3.81. The zero-order valence-corrected chi connectivity index (χ0v) is 10.8. The number of carbonyl (C=O) groups is 1. The van der Waals surface area contributed by atoms with Crippen molar-refractivity contribution in [1.82, 2.24) is 14.8 Å². The van der Waals surface area contributed by atoms with Crippen LogP contribution in [0.3, 0.4) is 0 Å². The third-order valence-electron chi connectivity index (χ3n) is 3.16. The van der Waals surface area contributed by atoms with Gasteiger partial charge in [-0.05, 0) is 25.1 Å². The van der Waals surface area contributed by atoms with Gasteiger partial charge in [0.15, 0.2) is 5.82 Å². The third kappa shape index (κ3) is 1.51. The smallest absolute Gasteiger partial charge is 0.246 e. The summed E-state index contributed by atoms with van der Waals surface area (Å²) in [6.45, 7) is 2.08. The van der Waals surface area contributed by atoms with Crippen molar-refractivity contribution >= 4 is 23.2 Å². The molecule has 2 aromatic rings. The SMILES string of the molecule is Cc1nnc2n1CC(=O)N(C)c1ccc(Cl)cc1-2. The Morgan fingerprint density at radius 3 is 2.89 bits per heavy atom. The number of amides is 1. The number of fused-ring (bicyclic) bond motifs is 3. The summed E-state index contributed by atoms with van der Waals surface area (Å²) in [5.74, 6) is 1.41. The molecule has 0 atom stereocenters. The van der Waals surface area contributed by atoms with E-state index in [4.69, 9.17) is 11.6 Å². The maximum Gasteiger partial charge on any atom is 0.246 e. The number of rotatable bonds is 0. The van der Waals surface area contributed by atoms with Gasteiger partial charge in [-0.15, -0.1) is 10.2 Å². The highest BCUT2D eigenvalue weighted by Crippen LogP contribution is 2.34. The molecule has 0 saturated carbocycles. The van der Waals surface area contributed by atoms with Crippen LogP contribution in [0.1, 0.15) is 5.82 Å². The molecule has 2 heterocycles. The first-order valence-electron chi connectivity index (χ1n) is 5.54. The van der Waals surface area contributed by atoms with Crippen molar-refractivity contribution in [2.45, 2.75) is 13.5 Å². The molecular weight excluding hydrogens is 252 g/mol. The molecule has 92 valence electrons. The minimum atomic E-state index is 0.000206. The molecule has 0 bridgehead atoms. The van der Waals surface area contributed by atoms with Gasteiger partial charge in [-0.1, -0.05) is 11.6 Å². The van der Waals surface area contributed by atoms with Gasteiger partial charge in [-0.3, -0.25) is 4.79 Å². The molecule has 1 aromatic carbocycles. The molecule has 5 nitrogen and oxygen atoms in total. The van der Waals surface area contributed by atoms with Gasteiger partial charge in [0, 0.05) is 17.6 Å². The fourth-order valence-corrected chi connectivity index (χ4v) is 2.30. The first-order chi connectivity index (χ1) is 8.58.